The molecule has 4 nitrogen and oxygen atoms in total. The van der Waals surface area contributed by atoms with Gasteiger partial charge in [0.1, 0.15) is 0 Å². The Kier molecular flexibility index (Phi) is 3.84. The third kappa shape index (κ3) is 2.38. The maximum Gasteiger partial charge on any atom is 0.0873 e. The molecular weight excluding hydrogens is 214 g/mol. The van der Waals surface area contributed by atoms with E-state index in [1.807, 2.05) is 32.1 Å². The molecule has 0 aromatic carbocycles. The highest BCUT2D eigenvalue weighted by Crippen LogP contribution is 2.40. The summed E-state index contributed by atoms with van der Waals surface area (Å²) in [6.45, 7) is 0. The van der Waals surface area contributed by atoms with Gasteiger partial charge < -0.3 is 10.1 Å². The average Bonchev–Trinajstić information content (AvgIpc) is 2.78. The molecule has 0 spiro atoms. The van der Waals surface area contributed by atoms with Crippen LogP contribution in [0.2, 0.25) is 0 Å². The standard InChI is InChI=1S/C13H23N3O/c1-14-12(11-9-15-16(2)10-11)13(17-3)7-5-4-6-8-13/h9-10,12,14H,4-8H2,1-3H3. The minimum atomic E-state index is -0.0595. The summed E-state index contributed by atoms with van der Waals surface area (Å²) >= 11 is 0. The average molecular weight is 237 g/mol. The fourth-order valence-corrected chi connectivity index (χ4v) is 3.08. The van der Waals surface area contributed by atoms with Crippen LogP contribution in [0.5, 0.6) is 0 Å². The molecule has 1 aromatic heterocycles. The summed E-state index contributed by atoms with van der Waals surface area (Å²) in [7, 11) is 5.80. The lowest BCUT2D eigenvalue weighted by atomic mass is 9.77. The molecule has 96 valence electrons. The van der Waals surface area contributed by atoms with E-state index >= 15 is 0 Å². The molecule has 0 radical (unpaired) electrons. The van der Waals surface area contributed by atoms with Gasteiger partial charge >= 0.3 is 0 Å². The van der Waals surface area contributed by atoms with Gasteiger partial charge in [-0.1, -0.05) is 19.3 Å². The predicted molar refractivity (Wildman–Crippen MR) is 67.8 cm³/mol. The van der Waals surface area contributed by atoms with Gasteiger partial charge in [-0.15, -0.1) is 0 Å². The Balaban J connectivity index is 2.26. The van der Waals surface area contributed by atoms with E-state index in [1.165, 1.54) is 24.8 Å². The smallest absolute Gasteiger partial charge is 0.0873 e. The summed E-state index contributed by atoms with van der Waals surface area (Å²) in [6, 6.07) is 0.237. The summed E-state index contributed by atoms with van der Waals surface area (Å²) in [5, 5.41) is 7.68. The molecule has 1 fully saturated rings. The minimum absolute atomic E-state index is 0.0595. The zero-order valence-corrected chi connectivity index (χ0v) is 11.1. The van der Waals surface area contributed by atoms with E-state index in [9.17, 15) is 0 Å². The van der Waals surface area contributed by atoms with Crippen molar-refractivity contribution in [3.63, 3.8) is 0 Å². The Bertz CT molecular complexity index is 355. The lowest BCUT2D eigenvalue weighted by Crippen LogP contribution is -2.45. The molecule has 0 saturated heterocycles. The third-order valence-corrected chi connectivity index (χ3v) is 3.98. The number of hydrogen-bond donors (Lipinski definition) is 1. The second-order valence-corrected chi connectivity index (χ2v) is 5.00. The lowest BCUT2D eigenvalue weighted by molar-refractivity contribution is -0.0671. The van der Waals surface area contributed by atoms with Gasteiger partial charge in [-0.2, -0.15) is 5.10 Å². The SMILES string of the molecule is CNC(c1cnn(C)c1)C1(OC)CCCCC1. The van der Waals surface area contributed by atoms with Crippen LogP contribution in [0.4, 0.5) is 0 Å². The summed E-state index contributed by atoms with van der Waals surface area (Å²) in [4.78, 5) is 0. The van der Waals surface area contributed by atoms with Crippen LogP contribution in [-0.4, -0.2) is 29.5 Å². The normalized spacial score (nSPS) is 21.4. The van der Waals surface area contributed by atoms with Crippen molar-refractivity contribution in [3.05, 3.63) is 18.0 Å². The molecule has 1 N–H and O–H groups in total. The molecule has 1 aliphatic rings. The topological polar surface area (TPSA) is 39.1 Å². The van der Waals surface area contributed by atoms with Gasteiger partial charge in [0.2, 0.25) is 0 Å². The Hall–Kier alpha value is -0.870. The van der Waals surface area contributed by atoms with Crippen molar-refractivity contribution in [2.45, 2.75) is 43.7 Å². The number of aryl methyl sites for hydroxylation is 1. The molecule has 2 rings (SSSR count). The first kappa shape index (κ1) is 12.6. The summed E-state index contributed by atoms with van der Waals surface area (Å²) in [6.07, 6.45) is 10.1. The third-order valence-electron chi connectivity index (χ3n) is 3.98. The van der Waals surface area contributed by atoms with E-state index < -0.39 is 0 Å². The number of nitrogens with one attached hydrogen (secondary N) is 1. The van der Waals surface area contributed by atoms with Crippen LogP contribution in [0.1, 0.15) is 43.7 Å². The van der Waals surface area contributed by atoms with Crippen LogP contribution in [0.3, 0.4) is 0 Å². The highest BCUT2D eigenvalue weighted by molar-refractivity contribution is 5.16. The summed E-state index contributed by atoms with van der Waals surface area (Å²) in [5.41, 5.74) is 1.16. The zero-order valence-electron chi connectivity index (χ0n) is 11.1. The number of likely N-dealkylation sites (N-methyl/N-ethyl adjacent to an activating group) is 1. The molecule has 1 aromatic rings. The highest BCUT2D eigenvalue weighted by atomic mass is 16.5. The first-order chi connectivity index (χ1) is 8.22. The number of nitrogens with zero attached hydrogens (tertiary/aromatic N) is 2. The number of rotatable bonds is 4. The molecule has 17 heavy (non-hydrogen) atoms. The van der Waals surface area contributed by atoms with Crippen LogP contribution >= 0.6 is 0 Å². The lowest BCUT2D eigenvalue weighted by Gasteiger charge is -2.42. The molecule has 1 unspecified atom stereocenters. The van der Waals surface area contributed by atoms with Gasteiger partial charge in [0, 0.05) is 25.9 Å². The van der Waals surface area contributed by atoms with Crippen molar-refractivity contribution in [3.8, 4) is 0 Å². The first-order valence-electron chi connectivity index (χ1n) is 6.43. The van der Waals surface area contributed by atoms with Gasteiger partial charge in [0.05, 0.1) is 17.8 Å². The van der Waals surface area contributed by atoms with Crippen molar-refractivity contribution in [1.82, 2.24) is 15.1 Å². The maximum absolute atomic E-state index is 5.90. The molecule has 1 atom stereocenters. The first-order valence-corrected chi connectivity index (χ1v) is 6.43. The predicted octanol–water partition coefficient (Wildman–Crippen LogP) is 2.03. The van der Waals surface area contributed by atoms with Gasteiger partial charge in [0.25, 0.3) is 0 Å². The maximum atomic E-state index is 5.90. The van der Waals surface area contributed by atoms with E-state index in [1.54, 1.807) is 0 Å². The Morgan fingerprint density at radius 1 is 1.41 bits per heavy atom. The number of methoxy groups -OCH3 is 1. The van der Waals surface area contributed by atoms with Gasteiger partial charge in [-0.25, -0.2) is 0 Å². The molecule has 0 amide bonds. The number of aromatic nitrogens is 2. The molecule has 0 aliphatic heterocycles. The Labute approximate surface area is 103 Å². The minimum Gasteiger partial charge on any atom is -0.376 e. The number of ether oxygens (including phenoxy) is 1. The van der Waals surface area contributed by atoms with Crippen LogP contribution in [-0.2, 0) is 11.8 Å². The van der Waals surface area contributed by atoms with E-state index in [-0.39, 0.29) is 11.6 Å². The molecule has 0 bridgehead atoms. The van der Waals surface area contributed by atoms with Crippen LogP contribution < -0.4 is 5.32 Å². The van der Waals surface area contributed by atoms with Crippen molar-refractivity contribution in [1.29, 1.82) is 0 Å². The fourth-order valence-electron chi connectivity index (χ4n) is 3.08. The molecule has 1 aliphatic carbocycles. The van der Waals surface area contributed by atoms with Crippen molar-refractivity contribution >= 4 is 0 Å². The second kappa shape index (κ2) is 5.19. The highest BCUT2D eigenvalue weighted by Gasteiger charge is 2.40. The Morgan fingerprint density at radius 2 is 2.12 bits per heavy atom. The van der Waals surface area contributed by atoms with Crippen LogP contribution in [0, 0.1) is 0 Å². The quantitative estimate of drug-likeness (QED) is 0.871. The van der Waals surface area contributed by atoms with E-state index in [0.29, 0.717) is 0 Å². The van der Waals surface area contributed by atoms with E-state index in [4.69, 9.17) is 4.74 Å². The molecule has 1 heterocycles. The fraction of sp³-hybridized carbons (Fsp3) is 0.769. The molecule has 1 saturated carbocycles. The molecular formula is C13H23N3O. The van der Waals surface area contributed by atoms with Gasteiger partial charge in [-0.05, 0) is 19.9 Å². The monoisotopic (exact) mass is 237 g/mol. The van der Waals surface area contributed by atoms with Crippen molar-refractivity contribution in [2.24, 2.45) is 7.05 Å². The van der Waals surface area contributed by atoms with Crippen LogP contribution in [0.15, 0.2) is 12.4 Å². The van der Waals surface area contributed by atoms with E-state index in [2.05, 4.69) is 16.6 Å². The van der Waals surface area contributed by atoms with Crippen molar-refractivity contribution in [2.75, 3.05) is 14.2 Å². The second-order valence-electron chi connectivity index (χ2n) is 5.00. The van der Waals surface area contributed by atoms with Gasteiger partial charge in [0.15, 0.2) is 0 Å². The number of hydrogen-bond acceptors (Lipinski definition) is 3. The van der Waals surface area contributed by atoms with E-state index in [0.717, 1.165) is 12.8 Å². The van der Waals surface area contributed by atoms with Crippen molar-refractivity contribution < 1.29 is 4.74 Å². The van der Waals surface area contributed by atoms with Gasteiger partial charge in [-0.3, -0.25) is 4.68 Å². The zero-order chi connectivity index (χ0) is 12.3. The molecule has 4 heteroatoms. The van der Waals surface area contributed by atoms with Crippen LogP contribution in [0.25, 0.3) is 0 Å². The largest absolute Gasteiger partial charge is 0.376 e. The Morgan fingerprint density at radius 3 is 2.59 bits per heavy atom. The summed E-state index contributed by atoms with van der Waals surface area (Å²) in [5.74, 6) is 0. The summed E-state index contributed by atoms with van der Waals surface area (Å²) < 4.78 is 7.75.